The number of rotatable bonds is 3. The Kier molecular flexibility index (Phi) is 3.33. The van der Waals surface area contributed by atoms with Gasteiger partial charge in [0.2, 0.25) is 4.47 Å². The van der Waals surface area contributed by atoms with Crippen LogP contribution in [0.15, 0.2) is 16.6 Å². The van der Waals surface area contributed by atoms with Crippen molar-refractivity contribution in [3.05, 3.63) is 20.9 Å². The van der Waals surface area contributed by atoms with Crippen LogP contribution < -0.4 is 5.73 Å². The van der Waals surface area contributed by atoms with E-state index in [0.717, 1.165) is 15.2 Å². The van der Waals surface area contributed by atoms with E-state index in [2.05, 4.69) is 20.2 Å². The number of hydrogen-bond acceptors (Lipinski definition) is 8. The Morgan fingerprint density at radius 3 is 3.00 bits per heavy atom. The van der Waals surface area contributed by atoms with Gasteiger partial charge in [-0.15, -0.1) is 21.5 Å². The van der Waals surface area contributed by atoms with Crippen LogP contribution in [-0.2, 0) is 5.75 Å². The maximum Gasteiger partial charge on any atom is 0.207 e. The molecule has 0 saturated heterocycles. The number of nitrogens with two attached hydrogens (primary N) is 1. The van der Waals surface area contributed by atoms with E-state index in [-0.39, 0.29) is 0 Å². The standard InChI is InChI=1S/C9H6ClN5S3/c10-8-15-14-5(18-8)3-17-9-12-6(11)4-1-2-16-7(4)13-9/h1-2H,3H2,(H2,11,12,13). The summed E-state index contributed by atoms with van der Waals surface area (Å²) in [5, 5.41) is 12.0. The number of halogens is 1. The van der Waals surface area contributed by atoms with Crippen molar-refractivity contribution in [2.24, 2.45) is 0 Å². The van der Waals surface area contributed by atoms with Crippen molar-refractivity contribution >= 4 is 62.1 Å². The lowest BCUT2D eigenvalue weighted by Gasteiger charge is -2.00. The Bertz CT molecular complexity index is 694. The van der Waals surface area contributed by atoms with Crippen LogP contribution in [0.2, 0.25) is 4.47 Å². The quantitative estimate of drug-likeness (QED) is 0.591. The van der Waals surface area contributed by atoms with Crippen LogP contribution in [0.1, 0.15) is 5.01 Å². The summed E-state index contributed by atoms with van der Waals surface area (Å²) < 4.78 is 0.444. The molecule has 0 aliphatic heterocycles. The number of thiophene rings is 1. The van der Waals surface area contributed by atoms with Gasteiger partial charge in [-0.25, -0.2) is 9.97 Å². The Morgan fingerprint density at radius 1 is 1.33 bits per heavy atom. The van der Waals surface area contributed by atoms with E-state index < -0.39 is 0 Å². The third kappa shape index (κ3) is 2.41. The molecule has 3 heterocycles. The molecule has 9 heteroatoms. The second-order valence-corrected chi connectivity index (χ2v) is 6.75. The Labute approximate surface area is 119 Å². The van der Waals surface area contributed by atoms with Crippen molar-refractivity contribution in [3.8, 4) is 0 Å². The summed E-state index contributed by atoms with van der Waals surface area (Å²) in [4.78, 5) is 9.59. The average molecular weight is 316 g/mol. The average Bonchev–Trinajstić information content (AvgIpc) is 2.95. The first-order valence-electron chi connectivity index (χ1n) is 4.84. The third-order valence-corrected chi connectivity index (χ3v) is 4.97. The smallest absolute Gasteiger partial charge is 0.207 e. The van der Waals surface area contributed by atoms with Crippen molar-refractivity contribution in [2.75, 3.05) is 5.73 Å². The highest BCUT2D eigenvalue weighted by atomic mass is 35.5. The van der Waals surface area contributed by atoms with Crippen molar-refractivity contribution in [1.29, 1.82) is 0 Å². The number of nitrogen functional groups attached to an aromatic ring is 1. The Balaban J connectivity index is 1.82. The monoisotopic (exact) mass is 315 g/mol. The molecule has 2 N–H and O–H groups in total. The molecule has 3 aromatic rings. The van der Waals surface area contributed by atoms with E-state index in [0.29, 0.717) is 21.2 Å². The van der Waals surface area contributed by atoms with Crippen molar-refractivity contribution < 1.29 is 0 Å². The molecule has 5 nitrogen and oxygen atoms in total. The summed E-state index contributed by atoms with van der Waals surface area (Å²) in [5.41, 5.74) is 5.87. The molecule has 0 saturated carbocycles. The van der Waals surface area contributed by atoms with Gasteiger partial charge in [-0.2, -0.15) is 0 Å². The van der Waals surface area contributed by atoms with E-state index in [1.807, 2.05) is 11.4 Å². The first-order valence-corrected chi connectivity index (χ1v) is 7.90. The largest absolute Gasteiger partial charge is 0.383 e. The lowest BCUT2D eigenvalue weighted by Crippen LogP contribution is -1.95. The molecule has 3 aromatic heterocycles. The summed E-state index contributed by atoms with van der Waals surface area (Å²) in [6, 6.07) is 1.92. The van der Waals surface area contributed by atoms with Crippen LogP contribution in [0.3, 0.4) is 0 Å². The Hall–Kier alpha value is -0.960. The number of anilines is 1. The highest BCUT2D eigenvalue weighted by molar-refractivity contribution is 7.98. The molecule has 0 spiro atoms. The van der Waals surface area contributed by atoms with Gasteiger partial charge < -0.3 is 5.73 Å². The molecule has 0 unspecified atom stereocenters. The van der Waals surface area contributed by atoms with E-state index in [4.69, 9.17) is 17.3 Å². The number of fused-ring (bicyclic) bond motifs is 1. The fourth-order valence-corrected chi connectivity index (χ4v) is 3.87. The normalized spacial score (nSPS) is 11.2. The predicted molar refractivity (Wildman–Crippen MR) is 76.3 cm³/mol. The second kappa shape index (κ2) is 4.96. The molecule has 0 amide bonds. The molecular weight excluding hydrogens is 310 g/mol. The number of hydrogen-bond donors (Lipinski definition) is 1. The minimum Gasteiger partial charge on any atom is -0.383 e. The van der Waals surface area contributed by atoms with Gasteiger partial charge >= 0.3 is 0 Å². The Morgan fingerprint density at radius 2 is 2.22 bits per heavy atom. The minimum absolute atomic E-state index is 0.444. The zero-order valence-corrected chi connectivity index (χ0v) is 12.0. The van der Waals surface area contributed by atoms with Gasteiger partial charge in [-0.05, 0) is 23.0 Å². The topological polar surface area (TPSA) is 77.6 Å². The SMILES string of the molecule is Nc1nc(SCc2nnc(Cl)s2)nc2sccc12. The molecule has 3 rings (SSSR count). The van der Waals surface area contributed by atoms with Gasteiger partial charge in [0.25, 0.3) is 0 Å². The minimum atomic E-state index is 0.444. The summed E-state index contributed by atoms with van der Waals surface area (Å²) in [6.45, 7) is 0. The summed E-state index contributed by atoms with van der Waals surface area (Å²) in [6.07, 6.45) is 0. The van der Waals surface area contributed by atoms with Gasteiger partial charge in [0, 0.05) is 0 Å². The highest BCUT2D eigenvalue weighted by Gasteiger charge is 2.08. The molecule has 0 fully saturated rings. The van der Waals surface area contributed by atoms with Crippen molar-refractivity contribution in [3.63, 3.8) is 0 Å². The molecule has 0 atom stereocenters. The number of nitrogens with zero attached hydrogens (tertiary/aromatic N) is 4. The van der Waals surface area contributed by atoms with Crippen LogP contribution in [0.5, 0.6) is 0 Å². The van der Waals surface area contributed by atoms with Crippen LogP contribution in [-0.4, -0.2) is 20.2 Å². The zero-order chi connectivity index (χ0) is 12.5. The highest BCUT2D eigenvalue weighted by Crippen LogP contribution is 2.28. The molecule has 0 aromatic carbocycles. The van der Waals surface area contributed by atoms with E-state index in [1.165, 1.54) is 23.1 Å². The summed E-state index contributed by atoms with van der Waals surface area (Å²) in [7, 11) is 0. The third-order valence-electron chi connectivity index (χ3n) is 2.10. The van der Waals surface area contributed by atoms with Gasteiger partial charge in [-0.1, -0.05) is 23.1 Å². The number of aromatic nitrogens is 4. The van der Waals surface area contributed by atoms with Gasteiger partial charge in [0.1, 0.15) is 15.7 Å². The fraction of sp³-hybridized carbons (Fsp3) is 0.111. The van der Waals surface area contributed by atoms with Crippen molar-refractivity contribution in [1.82, 2.24) is 20.2 Å². The molecule has 0 radical (unpaired) electrons. The zero-order valence-electron chi connectivity index (χ0n) is 8.83. The van der Waals surface area contributed by atoms with Crippen molar-refractivity contribution in [2.45, 2.75) is 10.9 Å². The summed E-state index contributed by atoms with van der Waals surface area (Å²) >= 11 is 10.1. The number of thioether (sulfide) groups is 1. The first kappa shape index (κ1) is 12.1. The van der Waals surface area contributed by atoms with Crippen LogP contribution in [0.4, 0.5) is 5.82 Å². The van der Waals surface area contributed by atoms with E-state index in [1.54, 1.807) is 11.3 Å². The molecule has 92 valence electrons. The lowest BCUT2D eigenvalue weighted by atomic mass is 10.4. The molecule has 0 aliphatic rings. The second-order valence-electron chi connectivity index (χ2n) is 3.27. The predicted octanol–water partition coefficient (Wildman–Crippen LogP) is 3.07. The van der Waals surface area contributed by atoms with Gasteiger partial charge in [0.15, 0.2) is 5.16 Å². The fourth-order valence-electron chi connectivity index (χ4n) is 1.34. The van der Waals surface area contributed by atoms with Crippen LogP contribution in [0, 0.1) is 0 Å². The first-order chi connectivity index (χ1) is 8.72. The molecular formula is C9H6ClN5S3. The lowest BCUT2D eigenvalue weighted by molar-refractivity contribution is 1.01. The van der Waals surface area contributed by atoms with Gasteiger partial charge in [-0.3, -0.25) is 0 Å². The maximum atomic E-state index is 5.87. The molecule has 18 heavy (non-hydrogen) atoms. The maximum absolute atomic E-state index is 5.87. The van der Waals surface area contributed by atoms with Crippen LogP contribution in [0.25, 0.3) is 10.2 Å². The summed E-state index contributed by atoms with van der Waals surface area (Å²) in [5.74, 6) is 1.15. The van der Waals surface area contributed by atoms with Gasteiger partial charge in [0.05, 0.1) is 11.1 Å². The molecule has 0 aliphatic carbocycles. The van der Waals surface area contributed by atoms with E-state index in [9.17, 15) is 0 Å². The van der Waals surface area contributed by atoms with Crippen LogP contribution >= 0.6 is 46.0 Å². The van der Waals surface area contributed by atoms with E-state index >= 15 is 0 Å². The molecule has 0 bridgehead atoms.